The summed E-state index contributed by atoms with van der Waals surface area (Å²) in [7, 11) is 0. The third-order valence-corrected chi connectivity index (χ3v) is 14.7. The molecule has 0 bridgehead atoms. The number of aryl methyl sites for hydroxylation is 2. The zero-order valence-corrected chi connectivity index (χ0v) is 39.7. The van der Waals surface area contributed by atoms with Crippen LogP contribution in [0.4, 0.5) is 34.3 Å². The standard InChI is InChI=1S/C57H59BN2OS/c1-33(2)37-28-46-52-47(29-37)60(53-34(3)26-38(27-35(53)4)50-30-36-16-14-15-17-49(36)62-50)54-51(43-31-40(56(8,9)10)21-25-48(43)61-54)58(52)44-32-41(57(11,12)13)20-24-45(44)59(46)42-22-18-39(19-23-42)55(5,6)7/h14-33H,1-13H3. The van der Waals surface area contributed by atoms with Gasteiger partial charge in [0.15, 0.2) is 0 Å². The molecule has 0 fully saturated rings. The Hall–Kier alpha value is -5.52. The Balaban J connectivity index is 1.31. The third kappa shape index (κ3) is 6.45. The lowest BCUT2D eigenvalue weighted by atomic mass is 9.33. The zero-order chi connectivity index (χ0) is 43.8. The van der Waals surface area contributed by atoms with Crippen LogP contribution in [0.3, 0.4) is 0 Å². The maximum atomic E-state index is 7.33. The second kappa shape index (κ2) is 14.0. The normalized spacial score (nSPS) is 13.9. The van der Waals surface area contributed by atoms with Gasteiger partial charge in [0, 0.05) is 43.2 Å². The summed E-state index contributed by atoms with van der Waals surface area (Å²) < 4.78 is 8.64. The number of fused-ring (bicyclic) bond motifs is 7. The van der Waals surface area contributed by atoms with Crippen LogP contribution in [-0.2, 0) is 16.2 Å². The third-order valence-electron chi connectivity index (χ3n) is 13.5. The van der Waals surface area contributed by atoms with Crippen molar-refractivity contribution >= 4 is 89.8 Å². The second-order valence-electron chi connectivity index (χ2n) is 21.4. The highest BCUT2D eigenvalue weighted by Crippen LogP contribution is 2.50. The molecular weight excluding hydrogens is 772 g/mol. The SMILES string of the molecule is Cc1cc(-c2cc3ccccc3s2)cc(C)c1N1c2cc(C(C)C)cc3c2B(c2cc(C(C)(C)C)ccc2N3c2ccc(C(C)(C)C)cc2)c2c1oc1ccc(C(C)(C)C)cc21. The predicted molar refractivity (Wildman–Crippen MR) is 271 cm³/mol. The summed E-state index contributed by atoms with van der Waals surface area (Å²) >= 11 is 1.87. The molecule has 0 aliphatic carbocycles. The molecule has 0 saturated carbocycles. The minimum Gasteiger partial charge on any atom is -0.440 e. The molecular formula is C57H59BN2OS. The maximum Gasteiger partial charge on any atom is 0.257 e. The first kappa shape index (κ1) is 40.6. The molecule has 6 aromatic carbocycles. The van der Waals surface area contributed by atoms with E-state index in [1.807, 2.05) is 11.3 Å². The fourth-order valence-electron chi connectivity index (χ4n) is 9.99. The van der Waals surface area contributed by atoms with E-state index in [0.717, 1.165) is 11.5 Å². The van der Waals surface area contributed by atoms with Gasteiger partial charge >= 0.3 is 0 Å². The molecule has 2 aliphatic heterocycles. The van der Waals surface area contributed by atoms with E-state index >= 15 is 0 Å². The molecule has 0 atom stereocenters. The number of rotatable bonds is 4. The van der Waals surface area contributed by atoms with Crippen LogP contribution in [-0.4, -0.2) is 6.71 Å². The minimum absolute atomic E-state index is 0.0303. The monoisotopic (exact) mass is 830 g/mol. The van der Waals surface area contributed by atoms with E-state index in [2.05, 4.69) is 215 Å². The highest BCUT2D eigenvalue weighted by molar-refractivity contribution is 7.22. The molecule has 0 unspecified atom stereocenters. The van der Waals surface area contributed by atoms with E-state index in [1.54, 1.807) is 0 Å². The van der Waals surface area contributed by atoms with Crippen LogP contribution in [0.2, 0.25) is 0 Å². The summed E-state index contributed by atoms with van der Waals surface area (Å²) in [5.41, 5.74) is 19.8. The molecule has 3 nitrogen and oxygen atoms in total. The Bertz CT molecular complexity index is 3030. The van der Waals surface area contributed by atoms with Crippen molar-refractivity contribution in [1.29, 1.82) is 0 Å². The Labute approximate surface area is 373 Å². The van der Waals surface area contributed by atoms with Crippen molar-refractivity contribution < 1.29 is 4.42 Å². The average molecular weight is 831 g/mol. The van der Waals surface area contributed by atoms with E-state index in [-0.39, 0.29) is 23.0 Å². The first-order chi connectivity index (χ1) is 29.3. The number of hydrogen-bond donors (Lipinski definition) is 0. The van der Waals surface area contributed by atoms with Crippen molar-refractivity contribution in [2.24, 2.45) is 0 Å². The van der Waals surface area contributed by atoms with Gasteiger partial charge in [-0.05, 0) is 158 Å². The van der Waals surface area contributed by atoms with Gasteiger partial charge in [0.2, 0.25) is 5.88 Å². The molecule has 2 aliphatic rings. The van der Waals surface area contributed by atoms with Gasteiger partial charge in [-0.3, -0.25) is 4.90 Å². The number of hydrogen-bond acceptors (Lipinski definition) is 4. The fraction of sp³-hybridized carbons (Fsp3) is 0.298. The highest BCUT2D eigenvalue weighted by Gasteiger charge is 2.47. The summed E-state index contributed by atoms with van der Waals surface area (Å²) in [6, 6.07) is 44.4. The molecule has 0 saturated heterocycles. The first-order valence-electron chi connectivity index (χ1n) is 22.5. The van der Waals surface area contributed by atoms with Crippen molar-refractivity contribution in [3.05, 3.63) is 149 Å². The van der Waals surface area contributed by atoms with Crippen molar-refractivity contribution in [1.82, 2.24) is 0 Å². The summed E-state index contributed by atoms with van der Waals surface area (Å²) in [5, 5.41) is 2.49. The van der Waals surface area contributed by atoms with E-state index in [0.29, 0.717) is 5.92 Å². The molecule has 62 heavy (non-hydrogen) atoms. The maximum absolute atomic E-state index is 7.33. The van der Waals surface area contributed by atoms with Gasteiger partial charge in [0.05, 0.1) is 5.69 Å². The Morgan fingerprint density at radius 3 is 1.81 bits per heavy atom. The minimum atomic E-state index is -0.0511. The van der Waals surface area contributed by atoms with Gasteiger partial charge in [0.1, 0.15) is 5.58 Å². The van der Waals surface area contributed by atoms with Crippen molar-refractivity contribution in [3.63, 3.8) is 0 Å². The first-order valence-corrected chi connectivity index (χ1v) is 23.3. The van der Waals surface area contributed by atoms with Crippen LogP contribution >= 0.6 is 11.3 Å². The lowest BCUT2D eigenvalue weighted by Crippen LogP contribution is -2.61. The molecule has 0 spiro atoms. The molecule has 4 heterocycles. The molecule has 0 radical (unpaired) electrons. The Kier molecular flexibility index (Phi) is 9.15. The largest absolute Gasteiger partial charge is 0.440 e. The average Bonchev–Trinajstić information content (AvgIpc) is 3.82. The van der Waals surface area contributed by atoms with Crippen molar-refractivity contribution in [2.45, 2.75) is 112 Å². The lowest BCUT2D eigenvalue weighted by molar-refractivity contribution is 0.589. The number of benzene rings is 6. The molecule has 2 aromatic heterocycles. The van der Waals surface area contributed by atoms with Crippen LogP contribution in [0.5, 0.6) is 0 Å². The number of furan rings is 1. The summed E-state index contributed by atoms with van der Waals surface area (Å²) in [6.45, 7) is 30.0. The van der Waals surface area contributed by atoms with Crippen LogP contribution in [0.25, 0.3) is 31.5 Å². The van der Waals surface area contributed by atoms with E-state index < -0.39 is 0 Å². The highest BCUT2D eigenvalue weighted by atomic mass is 32.1. The summed E-state index contributed by atoms with van der Waals surface area (Å²) in [4.78, 5) is 6.36. The molecule has 312 valence electrons. The van der Waals surface area contributed by atoms with Gasteiger partial charge in [-0.1, -0.05) is 125 Å². The fourth-order valence-corrected chi connectivity index (χ4v) is 11.0. The number of thiophene rings is 1. The molecule has 10 rings (SSSR count). The van der Waals surface area contributed by atoms with E-state index in [4.69, 9.17) is 4.42 Å². The molecule has 0 amide bonds. The summed E-state index contributed by atoms with van der Waals surface area (Å²) in [6.07, 6.45) is 0. The van der Waals surface area contributed by atoms with Crippen molar-refractivity contribution in [3.8, 4) is 10.4 Å². The molecule has 0 N–H and O–H groups in total. The number of nitrogens with zero attached hydrogens (tertiary/aromatic N) is 2. The van der Waals surface area contributed by atoms with E-state index in [1.165, 1.54) is 104 Å². The van der Waals surface area contributed by atoms with Crippen LogP contribution < -0.4 is 26.2 Å². The van der Waals surface area contributed by atoms with Crippen LogP contribution in [0, 0.1) is 13.8 Å². The van der Waals surface area contributed by atoms with E-state index in [9.17, 15) is 0 Å². The Morgan fingerprint density at radius 2 is 1.18 bits per heavy atom. The smallest absolute Gasteiger partial charge is 0.257 e. The molecule has 5 heteroatoms. The zero-order valence-electron chi connectivity index (χ0n) is 38.8. The Morgan fingerprint density at radius 1 is 0.581 bits per heavy atom. The van der Waals surface area contributed by atoms with Gasteiger partial charge in [-0.25, -0.2) is 0 Å². The van der Waals surface area contributed by atoms with Gasteiger partial charge in [-0.15, -0.1) is 11.3 Å². The van der Waals surface area contributed by atoms with Gasteiger partial charge < -0.3 is 9.32 Å². The quantitative estimate of drug-likeness (QED) is 0.165. The predicted octanol–water partition coefficient (Wildman–Crippen LogP) is 15.0. The lowest BCUT2D eigenvalue weighted by Gasteiger charge is -2.44. The molecule has 8 aromatic rings. The van der Waals surface area contributed by atoms with Gasteiger partial charge in [-0.2, -0.15) is 0 Å². The van der Waals surface area contributed by atoms with Gasteiger partial charge in [0.25, 0.3) is 6.71 Å². The topological polar surface area (TPSA) is 19.6 Å². The summed E-state index contributed by atoms with van der Waals surface area (Å²) in [5.74, 6) is 1.22. The number of anilines is 6. The second-order valence-corrected chi connectivity index (χ2v) is 22.5. The van der Waals surface area contributed by atoms with Crippen molar-refractivity contribution in [2.75, 3.05) is 9.80 Å². The van der Waals surface area contributed by atoms with Crippen LogP contribution in [0.15, 0.2) is 120 Å². The van der Waals surface area contributed by atoms with Crippen LogP contribution in [0.1, 0.15) is 115 Å².